The second-order valence-corrected chi connectivity index (χ2v) is 11.1. The minimum Gasteiger partial charge on any atom is -0.333 e. The van der Waals surface area contributed by atoms with Gasteiger partial charge in [0.15, 0.2) is 5.16 Å². The minimum absolute atomic E-state index is 0.0932. The third-order valence-corrected chi connectivity index (χ3v) is 7.65. The molecule has 0 bridgehead atoms. The number of benzene rings is 2. The highest BCUT2D eigenvalue weighted by Gasteiger charge is 2.21. The fourth-order valence-corrected chi connectivity index (χ4v) is 5.51. The number of anilines is 1. The first-order valence-corrected chi connectivity index (χ1v) is 13.8. The largest absolute Gasteiger partial charge is 0.333 e. The van der Waals surface area contributed by atoms with Crippen molar-refractivity contribution in [3.05, 3.63) is 53.6 Å². The molecule has 4 rings (SSSR count). The molecule has 2 aromatic carbocycles. The smallest absolute Gasteiger partial charge is 0.238 e. The number of imidazole rings is 1. The highest BCUT2D eigenvalue weighted by Crippen LogP contribution is 2.32. The summed E-state index contributed by atoms with van der Waals surface area (Å²) in [5.74, 6) is 1.89. The number of H-pyrrole nitrogens is 1. The van der Waals surface area contributed by atoms with Crippen LogP contribution in [0.15, 0.2) is 47.6 Å². The monoisotopic (exact) mass is 493 g/mol. The molecule has 1 fully saturated rings. The molecule has 6 nitrogen and oxygen atoms in total. The van der Waals surface area contributed by atoms with Gasteiger partial charge in [-0.1, -0.05) is 69.8 Å². The van der Waals surface area contributed by atoms with Gasteiger partial charge in [0.1, 0.15) is 0 Å². The number of nitrogens with one attached hydrogen (secondary N) is 2. The molecule has 0 aliphatic carbocycles. The number of carbonyl (C=O) groups excluding carboxylic acids is 1. The first-order chi connectivity index (χ1) is 16.9. The zero-order valence-corrected chi connectivity index (χ0v) is 22.3. The van der Waals surface area contributed by atoms with Gasteiger partial charge in [0.2, 0.25) is 5.91 Å². The summed E-state index contributed by atoms with van der Waals surface area (Å²) in [5, 5.41) is 4.26. The summed E-state index contributed by atoms with van der Waals surface area (Å²) in [6.45, 7) is 14.2. The lowest BCUT2D eigenvalue weighted by atomic mass is 9.92. The van der Waals surface area contributed by atoms with Crippen molar-refractivity contribution < 1.29 is 4.79 Å². The van der Waals surface area contributed by atoms with E-state index in [1.807, 2.05) is 18.2 Å². The van der Waals surface area contributed by atoms with Gasteiger partial charge in [-0.25, -0.2) is 4.98 Å². The summed E-state index contributed by atoms with van der Waals surface area (Å²) in [6.07, 6.45) is 1.13. The Bertz CT molecular complexity index is 1060. The fraction of sp³-hybridized carbons (Fsp3) is 0.500. The quantitative estimate of drug-likeness (QED) is 0.286. The van der Waals surface area contributed by atoms with Crippen LogP contribution in [-0.4, -0.2) is 70.7 Å². The van der Waals surface area contributed by atoms with E-state index in [0.29, 0.717) is 18.4 Å². The maximum absolute atomic E-state index is 12.9. The topological polar surface area (TPSA) is 64.3 Å². The number of hydrogen-bond donors (Lipinski definition) is 2. The Morgan fingerprint density at radius 3 is 2.29 bits per heavy atom. The molecule has 0 spiro atoms. The predicted octanol–water partition coefficient (Wildman–Crippen LogP) is 5.55. The van der Waals surface area contributed by atoms with E-state index in [1.54, 1.807) is 11.8 Å². The standard InChI is InChI=1S/C28H39N5OS/c1-20(2)22-9-7-10-23(21(3)4)27(22)31-26(34)19-33-16-14-32(15-17-33)13-8-18-35-28-29-24-11-5-6-12-25(24)30-28/h5-7,9-12,20-21H,8,13-19H2,1-4H3,(H,29,30)(H,31,34). The van der Waals surface area contributed by atoms with Gasteiger partial charge in [-0.15, -0.1) is 0 Å². The number of amides is 1. The molecule has 0 saturated carbocycles. The number of para-hydroxylation sites is 3. The number of carbonyl (C=O) groups is 1. The van der Waals surface area contributed by atoms with E-state index in [1.165, 1.54) is 11.1 Å². The highest BCUT2D eigenvalue weighted by molar-refractivity contribution is 7.99. The average Bonchev–Trinajstić information content (AvgIpc) is 3.25. The van der Waals surface area contributed by atoms with E-state index in [9.17, 15) is 4.79 Å². The van der Waals surface area contributed by atoms with Crippen molar-refractivity contribution in [1.82, 2.24) is 19.8 Å². The molecule has 0 unspecified atom stereocenters. The van der Waals surface area contributed by atoms with Crippen molar-refractivity contribution in [1.29, 1.82) is 0 Å². The Balaban J connectivity index is 1.19. The summed E-state index contributed by atoms with van der Waals surface area (Å²) in [6, 6.07) is 14.5. The Hall–Kier alpha value is -2.35. The summed E-state index contributed by atoms with van der Waals surface area (Å²) in [7, 11) is 0. The predicted molar refractivity (Wildman–Crippen MR) is 148 cm³/mol. The number of thioether (sulfide) groups is 1. The maximum atomic E-state index is 12.9. The van der Waals surface area contributed by atoms with Crippen LogP contribution in [-0.2, 0) is 4.79 Å². The van der Waals surface area contributed by atoms with Crippen LogP contribution < -0.4 is 5.32 Å². The summed E-state index contributed by atoms with van der Waals surface area (Å²) < 4.78 is 0. The number of aromatic nitrogens is 2. The second kappa shape index (κ2) is 12.1. The molecule has 0 atom stereocenters. The number of aromatic amines is 1. The molecule has 1 amide bonds. The summed E-state index contributed by atoms with van der Waals surface area (Å²) in [5.41, 5.74) is 5.58. The number of rotatable bonds is 10. The van der Waals surface area contributed by atoms with Crippen molar-refractivity contribution in [3.63, 3.8) is 0 Å². The van der Waals surface area contributed by atoms with Gasteiger partial charge in [0, 0.05) is 37.6 Å². The molecule has 7 heteroatoms. The first kappa shape index (κ1) is 25.7. The van der Waals surface area contributed by atoms with Gasteiger partial charge in [0.05, 0.1) is 17.6 Å². The van der Waals surface area contributed by atoms with Crippen molar-refractivity contribution in [2.45, 2.75) is 51.1 Å². The van der Waals surface area contributed by atoms with Crippen molar-refractivity contribution in [2.24, 2.45) is 0 Å². The van der Waals surface area contributed by atoms with E-state index in [4.69, 9.17) is 0 Å². The van der Waals surface area contributed by atoms with E-state index in [2.05, 4.69) is 77.0 Å². The summed E-state index contributed by atoms with van der Waals surface area (Å²) >= 11 is 1.79. The third-order valence-electron chi connectivity index (χ3n) is 6.69. The molecular formula is C28H39N5OS. The molecule has 1 saturated heterocycles. The normalized spacial score (nSPS) is 15.4. The van der Waals surface area contributed by atoms with Gasteiger partial charge in [-0.3, -0.25) is 9.69 Å². The molecule has 2 N–H and O–H groups in total. The molecule has 1 aliphatic rings. The number of nitrogens with zero attached hydrogens (tertiary/aromatic N) is 3. The number of piperazine rings is 1. The molecular weight excluding hydrogens is 454 g/mol. The van der Waals surface area contributed by atoms with Gasteiger partial charge in [-0.2, -0.15) is 0 Å². The lowest BCUT2D eigenvalue weighted by Gasteiger charge is -2.34. The molecule has 1 aliphatic heterocycles. The van der Waals surface area contributed by atoms with Gasteiger partial charge < -0.3 is 15.2 Å². The van der Waals surface area contributed by atoms with Crippen molar-refractivity contribution in [2.75, 3.05) is 50.3 Å². The van der Waals surface area contributed by atoms with Crippen LogP contribution in [0.2, 0.25) is 0 Å². The third kappa shape index (κ3) is 6.87. The van der Waals surface area contributed by atoms with Crippen molar-refractivity contribution >= 4 is 34.4 Å². The lowest BCUT2D eigenvalue weighted by Crippen LogP contribution is -2.48. The highest BCUT2D eigenvalue weighted by atomic mass is 32.2. The van der Waals surface area contributed by atoms with Crippen LogP contribution in [0.1, 0.15) is 57.1 Å². The second-order valence-electron chi connectivity index (χ2n) is 10.0. The number of fused-ring (bicyclic) bond motifs is 1. The van der Waals surface area contributed by atoms with E-state index in [0.717, 1.165) is 66.8 Å². The fourth-order valence-electron chi connectivity index (χ4n) is 4.70. The zero-order valence-electron chi connectivity index (χ0n) is 21.5. The van der Waals surface area contributed by atoms with E-state index < -0.39 is 0 Å². The SMILES string of the molecule is CC(C)c1cccc(C(C)C)c1NC(=O)CN1CCN(CCCSc2nc3ccccc3[nH]2)CC1. The Morgan fingerprint density at radius 1 is 0.971 bits per heavy atom. The lowest BCUT2D eigenvalue weighted by molar-refractivity contribution is -0.117. The first-order valence-electron chi connectivity index (χ1n) is 12.9. The Morgan fingerprint density at radius 2 is 1.63 bits per heavy atom. The molecule has 35 heavy (non-hydrogen) atoms. The molecule has 188 valence electrons. The zero-order chi connectivity index (χ0) is 24.8. The Labute approximate surface area is 213 Å². The van der Waals surface area contributed by atoms with Crippen LogP contribution in [0.4, 0.5) is 5.69 Å². The van der Waals surface area contributed by atoms with Gasteiger partial charge >= 0.3 is 0 Å². The van der Waals surface area contributed by atoms with Crippen LogP contribution in [0, 0.1) is 0 Å². The Kier molecular flexibility index (Phi) is 8.87. The minimum atomic E-state index is 0.0932. The van der Waals surface area contributed by atoms with Crippen molar-refractivity contribution in [3.8, 4) is 0 Å². The van der Waals surface area contributed by atoms with Crippen LogP contribution in [0.5, 0.6) is 0 Å². The van der Waals surface area contributed by atoms with Crippen LogP contribution >= 0.6 is 11.8 Å². The van der Waals surface area contributed by atoms with Gasteiger partial charge in [0.25, 0.3) is 0 Å². The molecule has 1 aromatic heterocycles. The van der Waals surface area contributed by atoms with Crippen LogP contribution in [0.25, 0.3) is 11.0 Å². The molecule has 3 aromatic rings. The van der Waals surface area contributed by atoms with E-state index in [-0.39, 0.29) is 5.91 Å². The van der Waals surface area contributed by atoms with Crippen LogP contribution in [0.3, 0.4) is 0 Å². The molecule has 0 radical (unpaired) electrons. The van der Waals surface area contributed by atoms with E-state index >= 15 is 0 Å². The average molecular weight is 494 g/mol. The van der Waals surface area contributed by atoms with Gasteiger partial charge in [-0.05, 0) is 48.1 Å². The maximum Gasteiger partial charge on any atom is 0.238 e. The number of hydrogen-bond acceptors (Lipinski definition) is 5. The molecule has 2 heterocycles. The summed E-state index contributed by atoms with van der Waals surface area (Å²) in [4.78, 5) is 25.8.